The molecule has 0 fully saturated rings. The van der Waals surface area contributed by atoms with Crippen LogP contribution in [-0.4, -0.2) is 23.6 Å². The second-order valence-electron chi connectivity index (χ2n) is 4.66. The van der Waals surface area contributed by atoms with E-state index in [9.17, 15) is 0 Å². The summed E-state index contributed by atoms with van der Waals surface area (Å²) in [5.41, 5.74) is 4.15. The molecule has 1 heterocycles. The van der Waals surface area contributed by atoms with Crippen molar-refractivity contribution in [2.24, 2.45) is 0 Å². The summed E-state index contributed by atoms with van der Waals surface area (Å²) in [4.78, 5) is 7.31. The molecule has 1 aromatic heterocycles. The zero-order valence-corrected chi connectivity index (χ0v) is 11.8. The SMILES string of the molecule is COc1ccccc1C=CCNc1ccc2nc[nH]c2c1. The number of anilines is 1. The van der Waals surface area contributed by atoms with Gasteiger partial charge >= 0.3 is 0 Å². The van der Waals surface area contributed by atoms with E-state index in [2.05, 4.69) is 33.5 Å². The van der Waals surface area contributed by atoms with Gasteiger partial charge in [0.1, 0.15) is 5.75 Å². The molecule has 0 amide bonds. The molecule has 21 heavy (non-hydrogen) atoms. The van der Waals surface area contributed by atoms with E-state index in [0.29, 0.717) is 0 Å². The maximum atomic E-state index is 5.32. The summed E-state index contributed by atoms with van der Waals surface area (Å²) >= 11 is 0. The molecule has 3 aromatic rings. The minimum atomic E-state index is 0.748. The van der Waals surface area contributed by atoms with Crippen LogP contribution < -0.4 is 10.1 Å². The fourth-order valence-corrected chi connectivity index (χ4v) is 2.21. The summed E-state index contributed by atoms with van der Waals surface area (Å²) < 4.78 is 5.32. The average molecular weight is 279 g/mol. The summed E-state index contributed by atoms with van der Waals surface area (Å²) in [6.45, 7) is 0.748. The number of aromatic amines is 1. The minimum absolute atomic E-state index is 0.748. The van der Waals surface area contributed by atoms with Gasteiger partial charge < -0.3 is 15.0 Å². The lowest BCUT2D eigenvalue weighted by molar-refractivity contribution is 0.414. The molecule has 3 rings (SSSR count). The standard InChI is InChI=1S/C17H17N3O/c1-21-17-7-3-2-5-13(17)6-4-10-18-14-8-9-15-16(11-14)20-12-19-15/h2-9,11-12,18H,10H2,1H3,(H,19,20). The van der Waals surface area contributed by atoms with Crippen molar-refractivity contribution in [2.45, 2.75) is 0 Å². The van der Waals surface area contributed by atoms with Crippen LogP contribution in [0.2, 0.25) is 0 Å². The third kappa shape index (κ3) is 3.05. The van der Waals surface area contributed by atoms with E-state index in [1.165, 1.54) is 0 Å². The zero-order valence-electron chi connectivity index (χ0n) is 11.8. The predicted octanol–water partition coefficient (Wildman–Crippen LogP) is 3.70. The van der Waals surface area contributed by atoms with Crippen LogP contribution in [-0.2, 0) is 0 Å². The van der Waals surface area contributed by atoms with Crippen LogP contribution >= 0.6 is 0 Å². The van der Waals surface area contributed by atoms with Gasteiger partial charge in [-0.05, 0) is 24.3 Å². The molecular formula is C17H17N3O. The van der Waals surface area contributed by atoms with E-state index in [1.807, 2.05) is 36.4 Å². The van der Waals surface area contributed by atoms with Crippen molar-refractivity contribution in [3.05, 3.63) is 60.4 Å². The molecule has 0 aliphatic heterocycles. The number of H-pyrrole nitrogens is 1. The van der Waals surface area contributed by atoms with Gasteiger partial charge in [-0.25, -0.2) is 4.98 Å². The molecule has 0 radical (unpaired) electrons. The third-order valence-corrected chi connectivity index (χ3v) is 3.28. The Hall–Kier alpha value is -2.75. The van der Waals surface area contributed by atoms with Gasteiger partial charge in [-0.2, -0.15) is 0 Å². The Morgan fingerprint density at radius 3 is 3.05 bits per heavy atom. The molecule has 106 valence electrons. The number of imidazole rings is 1. The van der Waals surface area contributed by atoms with Crippen molar-refractivity contribution < 1.29 is 4.74 Å². The molecule has 2 N–H and O–H groups in total. The van der Waals surface area contributed by atoms with Crippen LogP contribution in [0, 0.1) is 0 Å². The first-order valence-electron chi connectivity index (χ1n) is 6.83. The molecule has 4 nitrogen and oxygen atoms in total. The molecule has 0 aliphatic carbocycles. The largest absolute Gasteiger partial charge is 0.496 e. The van der Waals surface area contributed by atoms with Crippen LogP contribution in [0.25, 0.3) is 17.1 Å². The number of hydrogen-bond donors (Lipinski definition) is 2. The van der Waals surface area contributed by atoms with Crippen LogP contribution in [0.15, 0.2) is 54.9 Å². The molecule has 0 saturated carbocycles. The van der Waals surface area contributed by atoms with E-state index in [1.54, 1.807) is 13.4 Å². The second kappa shape index (κ2) is 6.13. The smallest absolute Gasteiger partial charge is 0.126 e. The van der Waals surface area contributed by atoms with Crippen LogP contribution in [0.1, 0.15) is 5.56 Å². The monoisotopic (exact) mass is 279 g/mol. The maximum absolute atomic E-state index is 5.32. The number of nitrogens with one attached hydrogen (secondary N) is 2. The fraction of sp³-hybridized carbons (Fsp3) is 0.118. The number of aromatic nitrogens is 2. The lowest BCUT2D eigenvalue weighted by Gasteiger charge is -2.05. The van der Waals surface area contributed by atoms with Crippen LogP contribution in [0.5, 0.6) is 5.75 Å². The number of nitrogens with zero attached hydrogens (tertiary/aromatic N) is 1. The molecule has 2 aromatic carbocycles. The summed E-state index contributed by atoms with van der Waals surface area (Å²) in [6.07, 6.45) is 5.84. The van der Waals surface area contributed by atoms with Crippen LogP contribution in [0.4, 0.5) is 5.69 Å². The first kappa shape index (κ1) is 13.2. The van der Waals surface area contributed by atoms with Crippen molar-refractivity contribution in [3.8, 4) is 5.75 Å². The lowest BCUT2D eigenvalue weighted by atomic mass is 10.2. The number of para-hydroxylation sites is 1. The topological polar surface area (TPSA) is 49.9 Å². The molecule has 0 saturated heterocycles. The van der Waals surface area contributed by atoms with Gasteiger partial charge in [-0.15, -0.1) is 0 Å². The molecule has 0 spiro atoms. The van der Waals surface area contributed by atoms with Gasteiger partial charge in [0, 0.05) is 17.8 Å². The Morgan fingerprint density at radius 1 is 1.24 bits per heavy atom. The Kier molecular flexibility index (Phi) is 3.87. The highest BCUT2D eigenvalue weighted by molar-refractivity contribution is 5.78. The molecular weight excluding hydrogens is 262 g/mol. The van der Waals surface area contributed by atoms with Gasteiger partial charge in [-0.1, -0.05) is 30.4 Å². The highest BCUT2D eigenvalue weighted by Gasteiger charge is 1.98. The number of rotatable bonds is 5. The Balaban J connectivity index is 1.63. The number of ether oxygens (including phenoxy) is 1. The highest BCUT2D eigenvalue weighted by Crippen LogP contribution is 2.19. The van der Waals surface area contributed by atoms with Crippen molar-refractivity contribution in [1.29, 1.82) is 0 Å². The van der Waals surface area contributed by atoms with Crippen LogP contribution in [0.3, 0.4) is 0 Å². The van der Waals surface area contributed by atoms with E-state index in [-0.39, 0.29) is 0 Å². The normalized spacial score (nSPS) is 11.1. The summed E-state index contributed by atoms with van der Waals surface area (Å²) in [6, 6.07) is 14.0. The summed E-state index contributed by atoms with van der Waals surface area (Å²) in [7, 11) is 1.69. The van der Waals surface area contributed by atoms with Gasteiger partial charge in [0.15, 0.2) is 0 Å². The van der Waals surface area contributed by atoms with E-state index in [4.69, 9.17) is 4.74 Å². The molecule has 0 aliphatic rings. The van der Waals surface area contributed by atoms with Crippen molar-refractivity contribution in [2.75, 3.05) is 19.0 Å². The lowest BCUT2D eigenvalue weighted by Crippen LogP contribution is -1.97. The van der Waals surface area contributed by atoms with Crippen molar-refractivity contribution in [3.63, 3.8) is 0 Å². The zero-order chi connectivity index (χ0) is 14.5. The first-order valence-corrected chi connectivity index (χ1v) is 6.83. The van der Waals surface area contributed by atoms with Crippen molar-refractivity contribution in [1.82, 2.24) is 9.97 Å². The quantitative estimate of drug-likeness (QED) is 0.748. The Labute approximate surface area is 123 Å². The number of methoxy groups -OCH3 is 1. The molecule has 0 unspecified atom stereocenters. The minimum Gasteiger partial charge on any atom is -0.496 e. The summed E-state index contributed by atoms with van der Waals surface area (Å²) in [5, 5.41) is 3.36. The third-order valence-electron chi connectivity index (χ3n) is 3.28. The Morgan fingerprint density at radius 2 is 2.14 bits per heavy atom. The van der Waals surface area contributed by atoms with Gasteiger partial charge in [0.2, 0.25) is 0 Å². The molecule has 0 atom stereocenters. The number of benzene rings is 2. The van der Waals surface area contributed by atoms with Gasteiger partial charge in [0.05, 0.1) is 24.5 Å². The fourth-order valence-electron chi connectivity index (χ4n) is 2.21. The number of fused-ring (bicyclic) bond motifs is 1. The number of hydrogen-bond acceptors (Lipinski definition) is 3. The maximum Gasteiger partial charge on any atom is 0.126 e. The predicted molar refractivity (Wildman–Crippen MR) is 86.6 cm³/mol. The molecule has 4 heteroatoms. The summed E-state index contributed by atoms with van der Waals surface area (Å²) in [5.74, 6) is 0.882. The van der Waals surface area contributed by atoms with Gasteiger partial charge in [-0.3, -0.25) is 0 Å². The van der Waals surface area contributed by atoms with Crippen molar-refractivity contribution >= 4 is 22.8 Å². The average Bonchev–Trinajstić information content (AvgIpc) is 2.99. The second-order valence-corrected chi connectivity index (χ2v) is 4.66. The molecule has 0 bridgehead atoms. The van der Waals surface area contributed by atoms with E-state index >= 15 is 0 Å². The first-order chi connectivity index (χ1) is 10.4. The van der Waals surface area contributed by atoms with E-state index in [0.717, 1.165) is 34.6 Å². The van der Waals surface area contributed by atoms with Gasteiger partial charge in [0.25, 0.3) is 0 Å². The Bertz CT molecular complexity index is 761. The van der Waals surface area contributed by atoms with E-state index < -0.39 is 0 Å². The highest BCUT2D eigenvalue weighted by atomic mass is 16.5.